The van der Waals surface area contributed by atoms with E-state index in [1.54, 1.807) is 0 Å². The molecular weight excluding hydrogens is 268 g/mol. The maximum Gasteiger partial charge on any atom is 0.0524 e. The van der Waals surface area contributed by atoms with Gasteiger partial charge in [-0.25, -0.2) is 0 Å². The number of nitrogens with zero attached hydrogens (tertiary/aromatic N) is 2. The Morgan fingerprint density at radius 3 is 2.77 bits per heavy atom. The molecular formula is C20H24N2. The van der Waals surface area contributed by atoms with Crippen LogP contribution >= 0.6 is 0 Å². The molecule has 0 saturated carbocycles. The summed E-state index contributed by atoms with van der Waals surface area (Å²) in [7, 11) is 2.18. The third-order valence-electron chi connectivity index (χ3n) is 4.56. The Labute approximate surface area is 131 Å². The van der Waals surface area contributed by atoms with E-state index in [-0.39, 0.29) is 0 Å². The summed E-state index contributed by atoms with van der Waals surface area (Å²) in [5.41, 5.74) is 2.71. The van der Waals surface area contributed by atoms with Crippen LogP contribution in [0.1, 0.15) is 32.8 Å². The van der Waals surface area contributed by atoms with Gasteiger partial charge in [-0.15, -0.1) is 0 Å². The summed E-state index contributed by atoms with van der Waals surface area (Å²) < 4.78 is 2.35. The van der Waals surface area contributed by atoms with E-state index >= 15 is 0 Å². The van der Waals surface area contributed by atoms with Gasteiger partial charge in [0.15, 0.2) is 0 Å². The Balaban J connectivity index is 0.000000693. The molecule has 2 heterocycles. The molecule has 0 amide bonds. The van der Waals surface area contributed by atoms with Crippen LogP contribution in [0.2, 0.25) is 0 Å². The van der Waals surface area contributed by atoms with Gasteiger partial charge in [0.1, 0.15) is 0 Å². The van der Waals surface area contributed by atoms with Crippen LogP contribution in [-0.4, -0.2) is 9.55 Å². The second-order valence-corrected chi connectivity index (χ2v) is 5.94. The van der Waals surface area contributed by atoms with E-state index in [1.807, 2.05) is 26.2 Å². The van der Waals surface area contributed by atoms with E-state index in [0.717, 1.165) is 6.42 Å². The summed E-state index contributed by atoms with van der Waals surface area (Å²) in [6.07, 6.45) is 9.78. The lowest BCUT2D eigenvalue weighted by Crippen LogP contribution is -2.31. The molecule has 1 unspecified atom stereocenters. The highest BCUT2D eigenvalue weighted by Crippen LogP contribution is 2.25. The highest BCUT2D eigenvalue weighted by Gasteiger charge is 2.13. The lowest BCUT2D eigenvalue weighted by Gasteiger charge is -2.06. The van der Waals surface area contributed by atoms with E-state index in [1.165, 1.54) is 37.8 Å². The fraction of sp³-hybridized carbons (Fsp3) is 0.350. The van der Waals surface area contributed by atoms with Crippen molar-refractivity contribution in [2.75, 3.05) is 0 Å². The van der Waals surface area contributed by atoms with Gasteiger partial charge in [-0.1, -0.05) is 32.9 Å². The van der Waals surface area contributed by atoms with E-state index in [2.05, 4.69) is 54.7 Å². The number of pyridine rings is 1. The van der Waals surface area contributed by atoms with Crippen molar-refractivity contribution in [2.45, 2.75) is 34.1 Å². The van der Waals surface area contributed by atoms with Gasteiger partial charge >= 0.3 is 0 Å². The lowest BCUT2D eigenvalue weighted by molar-refractivity contribution is 0.787. The molecule has 0 N–H and O–H groups in total. The summed E-state index contributed by atoms with van der Waals surface area (Å²) in [6, 6.07) is 4.41. The largest absolute Gasteiger partial charge is 0.344 e. The van der Waals surface area contributed by atoms with Crippen LogP contribution in [0.25, 0.3) is 33.8 Å². The predicted molar refractivity (Wildman–Crippen MR) is 96.3 cm³/mol. The molecule has 22 heavy (non-hydrogen) atoms. The van der Waals surface area contributed by atoms with Gasteiger partial charge in [-0.2, -0.15) is 0 Å². The van der Waals surface area contributed by atoms with Crippen molar-refractivity contribution in [2.24, 2.45) is 13.0 Å². The molecule has 1 atom stereocenters. The van der Waals surface area contributed by atoms with Crippen molar-refractivity contribution in [1.82, 2.24) is 9.55 Å². The third kappa shape index (κ3) is 2.06. The number of hydrogen-bond acceptors (Lipinski definition) is 1. The van der Waals surface area contributed by atoms with E-state index in [0.29, 0.717) is 5.92 Å². The van der Waals surface area contributed by atoms with Crippen LogP contribution in [0.5, 0.6) is 0 Å². The highest BCUT2D eigenvalue weighted by molar-refractivity contribution is 6.01. The van der Waals surface area contributed by atoms with Gasteiger partial charge in [-0.05, 0) is 42.3 Å². The molecule has 3 aromatic rings. The molecule has 0 aliphatic heterocycles. The van der Waals surface area contributed by atoms with Gasteiger partial charge in [0, 0.05) is 40.8 Å². The number of rotatable bonds is 0. The van der Waals surface area contributed by atoms with Crippen LogP contribution in [0.4, 0.5) is 0 Å². The van der Waals surface area contributed by atoms with Crippen LogP contribution in [0, 0.1) is 12.8 Å². The fourth-order valence-corrected chi connectivity index (χ4v) is 3.57. The first-order valence-electron chi connectivity index (χ1n) is 8.20. The van der Waals surface area contributed by atoms with Crippen molar-refractivity contribution in [3.05, 3.63) is 40.7 Å². The normalized spacial score (nSPS) is 16.5. The Hall–Kier alpha value is -2.09. The first kappa shape index (κ1) is 14.8. The monoisotopic (exact) mass is 292 g/mol. The molecule has 0 spiro atoms. The van der Waals surface area contributed by atoms with Crippen LogP contribution in [-0.2, 0) is 7.05 Å². The topological polar surface area (TPSA) is 17.8 Å². The van der Waals surface area contributed by atoms with Crippen molar-refractivity contribution in [3.63, 3.8) is 0 Å². The van der Waals surface area contributed by atoms with Crippen molar-refractivity contribution in [3.8, 4) is 0 Å². The van der Waals surface area contributed by atoms with Crippen LogP contribution < -0.4 is 10.6 Å². The van der Waals surface area contributed by atoms with Crippen molar-refractivity contribution in [1.29, 1.82) is 0 Å². The predicted octanol–water partition coefficient (Wildman–Crippen LogP) is 3.66. The maximum absolute atomic E-state index is 4.27. The molecule has 2 heteroatoms. The molecule has 0 bridgehead atoms. The molecule has 114 valence electrons. The summed E-state index contributed by atoms with van der Waals surface area (Å²) in [4.78, 5) is 4.27. The molecule has 1 aliphatic carbocycles. The molecule has 2 nitrogen and oxygen atoms in total. The minimum absolute atomic E-state index is 0.623. The Morgan fingerprint density at radius 1 is 1.23 bits per heavy atom. The molecule has 1 aliphatic rings. The number of fused-ring (bicyclic) bond motifs is 4. The first-order valence-corrected chi connectivity index (χ1v) is 8.20. The molecule has 4 rings (SSSR count). The molecule has 2 aromatic heterocycles. The second-order valence-electron chi connectivity index (χ2n) is 5.94. The van der Waals surface area contributed by atoms with Crippen molar-refractivity contribution >= 4 is 33.8 Å². The summed E-state index contributed by atoms with van der Waals surface area (Å²) in [6.45, 7) is 8.51. The third-order valence-corrected chi connectivity index (χ3v) is 4.56. The highest BCUT2D eigenvalue weighted by atomic mass is 14.9. The minimum Gasteiger partial charge on any atom is -0.344 e. The van der Waals surface area contributed by atoms with Crippen molar-refractivity contribution < 1.29 is 0 Å². The zero-order valence-electron chi connectivity index (χ0n) is 14.1. The number of aromatic nitrogens is 2. The maximum atomic E-state index is 4.27. The SMILES string of the molecule is CC.Cc1c2ccncc2cc2c3c(n(C)c12)=CCC(C)C=3. The lowest BCUT2D eigenvalue weighted by atomic mass is 9.99. The van der Waals surface area contributed by atoms with Gasteiger partial charge in [0.05, 0.1) is 5.52 Å². The Bertz CT molecular complexity index is 961. The second kappa shape index (κ2) is 5.60. The van der Waals surface area contributed by atoms with E-state index in [4.69, 9.17) is 0 Å². The van der Waals surface area contributed by atoms with E-state index < -0.39 is 0 Å². The molecule has 1 aromatic carbocycles. The van der Waals surface area contributed by atoms with Gasteiger partial charge in [0.25, 0.3) is 0 Å². The number of aryl methyl sites for hydroxylation is 2. The fourth-order valence-electron chi connectivity index (χ4n) is 3.57. The molecule has 0 fully saturated rings. The van der Waals surface area contributed by atoms with Gasteiger partial charge in [0.2, 0.25) is 0 Å². The van der Waals surface area contributed by atoms with Crippen LogP contribution in [0.3, 0.4) is 0 Å². The summed E-state index contributed by atoms with van der Waals surface area (Å²) in [5.74, 6) is 0.623. The zero-order valence-corrected chi connectivity index (χ0v) is 14.1. The number of benzene rings is 1. The average molecular weight is 292 g/mol. The number of hydrogen-bond donors (Lipinski definition) is 0. The Kier molecular flexibility index (Phi) is 3.78. The standard InChI is InChI=1S/C18H18N2.C2H6/c1-11-4-5-17-15(8-11)16-9-13-10-19-7-6-14(13)12(2)18(16)20(17)3;1-2/h5-11H,4H2,1-3H3;1-2H3. The minimum atomic E-state index is 0.623. The zero-order chi connectivity index (χ0) is 15.9. The smallest absolute Gasteiger partial charge is 0.0524 e. The summed E-state index contributed by atoms with van der Waals surface area (Å²) in [5, 5.41) is 6.67. The quantitative estimate of drug-likeness (QED) is 0.618. The van der Waals surface area contributed by atoms with E-state index in [9.17, 15) is 0 Å². The average Bonchev–Trinajstić information content (AvgIpc) is 2.82. The van der Waals surface area contributed by atoms with Gasteiger partial charge < -0.3 is 4.57 Å². The first-order chi connectivity index (χ1) is 10.7. The molecule has 0 saturated heterocycles. The Morgan fingerprint density at radius 2 is 2.00 bits per heavy atom. The van der Waals surface area contributed by atoms with Gasteiger partial charge in [-0.3, -0.25) is 4.98 Å². The summed E-state index contributed by atoms with van der Waals surface area (Å²) >= 11 is 0. The molecule has 0 radical (unpaired) electrons. The van der Waals surface area contributed by atoms with Crippen LogP contribution in [0.15, 0.2) is 24.5 Å².